The van der Waals surface area contributed by atoms with Crippen molar-refractivity contribution in [2.45, 2.75) is 20.1 Å². The minimum Gasteiger partial charge on any atom is -0.497 e. The lowest BCUT2D eigenvalue weighted by Crippen LogP contribution is -2.32. The number of aryl methyl sites for hydroxylation is 1. The van der Waals surface area contributed by atoms with Crippen LogP contribution in [0.5, 0.6) is 17.2 Å². The Bertz CT molecular complexity index is 1640. The van der Waals surface area contributed by atoms with Gasteiger partial charge in [0.15, 0.2) is 6.73 Å². The van der Waals surface area contributed by atoms with E-state index in [2.05, 4.69) is 11.0 Å². The highest BCUT2D eigenvalue weighted by molar-refractivity contribution is 5.96. The van der Waals surface area contributed by atoms with Crippen LogP contribution >= 0.6 is 0 Å². The third-order valence-corrected chi connectivity index (χ3v) is 6.87. The van der Waals surface area contributed by atoms with Crippen molar-refractivity contribution in [2.75, 3.05) is 18.7 Å². The number of methoxy groups -OCH3 is 1. The first-order valence-corrected chi connectivity index (χ1v) is 12.5. The molecule has 0 aliphatic carbocycles. The highest BCUT2D eigenvalue weighted by Gasteiger charge is 2.24. The summed E-state index contributed by atoms with van der Waals surface area (Å²) < 4.78 is 23.1. The Labute approximate surface area is 220 Å². The molecule has 0 spiro atoms. The quantitative estimate of drug-likeness (QED) is 0.239. The average Bonchev–Trinajstić information content (AvgIpc) is 2.97. The fourth-order valence-electron chi connectivity index (χ4n) is 4.89. The van der Waals surface area contributed by atoms with Gasteiger partial charge in [0.2, 0.25) is 0 Å². The Kier molecular flexibility index (Phi) is 6.22. The fourth-order valence-corrected chi connectivity index (χ4v) is 4.89. The summed E-state index contributed by atoms with van der Waals surface area (Å²) in [5, 5.41) is 0.876. The molecule has 1 aliphatic rings. The number of anilines is 1. The highest BCUT2D eigenvalue weighted by Crippen LogP contribution is 2.39. The molecule has 1 aromatic heterocycles. The molecule has 0 atom stereocenters. The minimum absolute atomic E-state index is 0.390. The second-order valence-corrected chi connectivity index (χ2v) is 9.31. The normalized spacial score (nSPS) is 12.6. The molecule has 1 aliphatic heterocycles. The zero-order chi connectivity index (χ0) is 26.1. The molecular weight excluding hydrogens is 478 g/mol. The topological polar surface area (TPSA) is 61.1 Å². The lowest BCUT2D eigenvalue weighted by molar-refractivity contribution is 0.287. The Balaban J connectivity index is 1.29. The van der Waals surface area contributed by atoms with Crippen molar-refractivity contribution >= 4 is 16.7 Å². The number of hydrogen-bond acceptors (Lipinski definition) is 6. The van der Waals surface area contributed by atoms with Gasteiger partial charge in [0, 0.05) is 34.8 Å². The average molecular weight is 506 g/mol. The van der Waals surface area contributed by atoms with Gasteiger partial charge >= 0.3 is 5.63 Å². The summed E-state index contributed by atoms with van der Waals surface area (Å²) in [7, 11) is 1.63. The Hall–Kier alpha value is -4.71. The standard InChI is InChI=1S/C32H27NO5/c1-21-31-24(16-29-28(17-30(34)38-32(21)29)23-8-12-26(35-2)13-9-23)18-33(20-37-31)25-10-14-27(15-11-25)36-19-22-6-4-3-5-7-22/h3-17H,18-20H2,1-2H3. The van der Waals surface area contributed by atoms with Gasteiger partial charge in [0.25, 0.3) is 0 Å². The van der Waals surface area contributed by atoms with E-state index in [0.29, 0.717) is 25.5 Å². The van der Waals surface area contributed by atoms with Crippen LogP contribution in [0.1, 0.15) is 16.7 Å². The van der Waals surface area contributed by atoms with E-state index in [-0.39, 0.29) is 0 Å². The van der Waals surface area contributed by atoms with Gasteiger partial charge in [0.1, 0.15) is 29.4 Å². The lowest BCUT2D eigenvalue weighted by Gasteiger charge is -2.32. The molecule has 0 radical (unpaired) electrons. The summed E-state index contributed by atoms with van der Waals surface area (Å²) in [5.74, 6) is 2.35. The summed E-state index contributed by atoms with van der Waals surface area (Å²) >= 11 is 0. The fraction of sp³-hybridized carbons (Fsp3) is 0.156. The van der Waals surface area contributed by atoms with Crippen LogP contribution in [0.15, 0.2) is 100 Å². The molecule has 2 heterocycles. The van der Waals surface area contributed by atoms with Crippen LogP contribution in [-0.2, 0) is 13.2 Å². The van der Waals surface area contributed by atoms with Crippen LogP contribution in [-0.4, -0.2) is 13.8 Å². The third kappa shape index (κ3) is 4.57. The van der Waals surface area contributed by atoms with Gasteiger partial charge in [-0.15, -0.1) is 0 Å². The van der Waals surface area contributed by atoms with Crippen molar-refractivity contribution in [1.29, 1.82) is 0 Å². The summed E-state index contributed by atoms with van der Waals surface area (Å²) in [6, 6.07) is 29.5. The largest absolute Gasteiger partial charge is 0.497 e. The molecule has 0 saturated carbocycles. The molecule has 0 fully saturated rings. The van der Waals surface area contributed by atoms with Crippen LogP contribution in [0.4, 0.5) is 5.69 Å². The molecule has 0 amide bonds. The maximum absolute atomic E-state index is 12.5. The lowest BCUT2D eigenvalue weighted by atomic mass is 9.96. The number of benzene rings is 4. The Morgan fingerprint density at radius 1 is 0.895 bits per heavy atom. The summed E-state index contributed by atoms with van der Waals surface area (Å²) in [4.78, 5) is 14.6. The van der Waals surface area contributed by atoms with Gasteiger partial charge < -0.3 is 23.5 Å². The number of rotatable bonds is 6. The van der Waals surface area contributed by atoms with E-state index in [1.165, 1.54) is 0 Å². The summed E-state index contributed by atoms with van der Waals surface area (Å²) in [6.07, 6.45) is 0. The van der Waals surface area contributed by atoms with Gasteiger partial charge in [-0.2, -0.15) is 0 Å². The van der Waals surface area contributed by atoms with E-state index < -0.39 is 5.63 Å². The van der Waals surface area contributed by atoms with E-state index in [9.17, 15) is 4.79 Å². The van der Waals surface area contributed by atoms with Crippen LogP contribution in [0.3, 0.4) is 0 Å². The maximum atomic E-state index is 12.5. The monoisotopic (exact) mass is 505 g/mol. The molecule has 6 nitrogen and oxygen atoms in total. The number of nitrogens with zero attached hydrogens (tertiary/aromatic N) is 1. The van der Waals surface area contributed by atoms with Gasteiger partial charge in [-0.1, -0.05) is 42.5 Å². The van der Waals surface area contributed by atoms with Crippen molar-refractivity contribution < 1.29 is 18.6 Å². The molecule has 6 heteroatoms. The van der Waals surface area contributed by atoms with Crippen LogP contribution in [0.25, 0.3) is 22.1 Å². The molecule has 5 aromatic rings. The molecule has 0 bridgehead atoms. The maximum Gasteiger partial charge on any atom is 0.336 e. The smallest absolute Gasteiger partial charge is 0.336 e. The second kappa shape index (κ2) is 9.98. The van der Waals surface area contributed by atoms with Crippen molar-refractivity contribution in [2.24, 2.45) is 0 Å². The van der Waals surface area contributed by atoms with Crippen LogP contribution in [0.2, 0.25) is 0 Å². The van der Waals surface area contributed by atoms with Gasteiger partial charge in [-0.3, -0.25) is 0 Å². The first-order chi connectivity index (χ1) is 18.6. The van der Waals surface area contributed by atoms with E-state index in [1.807, 2.05) is 85.8 Å². The molecule has 0 saturated heterocycles. The zero-order valence-corrected chi connectivity index (χ0v) is 21.3. The van der Waals surface area contributed by atoms with Crippen LogP contribution < -0.4 is 24.7 Å². The molecule has 0 N–H and O–H groups in total. The first-order valence-electron chi connectivity index (χ1n) is 12.5. The predicted molar refractivity (Wildman–Crippen MR) is 148 cm³/mol. The van der Waals surface area contributed by atoms with Crippen molar-refractivity contribution in [3.63, 3.8) is 0 Å². The summed E-state index contributed by atoms with van der Waals surface area (Å²) in [6.45, 7) is 3.53. The zero-order valence-electron chi connectivity index (χ0n) is 21.3. The summed E-state index contributed by atoms with van der Waals surface area (Å²) in [5.41, 5.74) is 5.93. The van der Waals surface area contributed by atoms with E-state index in [1.54, 1.807) is 13.2 Å². The molecular formula is C32H27NO5. The Morgan fingerprint density at radius 3 is 2.37 bits per heavy atom. The van der Waals surface area contributed by atoms with Crippen LogP contribution in [0, 0.1) is 6.92 Å². The first kappa shape index (κ1) is 23.7. The SMILES string of the molecule is COc1ccc(-c2cc(=O)oc3c(C)c4c(cc23)CN(c2ccc(OCc3ccccc3)cc2)CO4)cc1. The Morgan fingerprint density at radius 2 is 1.63 bits per heavy atom. The second-order valence-electron chi connectivity index (χ2n) is 9.31. The van der Waals surface area contributed by atoms with Gasteiger partial charge in [-0.05, 0) is 66.1 Å². The van der Waals surface area contributed by atoms with Crippen molar-refractivity contribution in [3.8, 4) is 28.4 Å². The predicted octanol–water partition coefficient (Wildman–Crippen LogP) is 6.71. The number of ether oxygens (including phenoxy) is 3. The number of hydrogen-bond donors (Lipinski definition) is 0. The van der Waals surface area contributed by atoms with Gasteiger partial charge in [-0.25, -0.2) is 4.79 Å². The van der Waals surface area contributed by atoms with E-state index >= 15 is 0 Å². The van der Waals surface area contributed by atoms with Crippen molar-refractivity contribution in [3.05, 3.63) is 118 Å². The van der Waals surface area contributed by atoms with E-state index in [0.717, 1.165) is 56.1 Å². The minimum atomic E-state index is -0.390. The molecule has 6 rings (SSSR count). The molecule has 0 unspecified atom stereocenters. The molecule has 38 heavy (non-hydrogen) atoms. The number of fused-ring (bicyclic) bond motifs is 2. The third-order valence-electron chi connectivity index (χ3n) is 6.87. The van der Waals surface area contributed by atoms with Gasteiger partial charge in [0.05, 0.1) is 7.11 Å². The van der Waals surface area contributed by atoms with Crippen molar-refractivity contribution in [1.82, 2.24) is 0 Å². The molecule has 4 aromatic carbocycles. The van der Waals surface area contributed by atoms with E-state index in [4.69, 9.17) is 18.6 Å². The highest BCUT2D eigenvalue weighted by atomic mass is 16.5. The molecule has 190 valence electrons.